The lowest BCUT2D eigenvalue weighted by atomic mass is 9.70. The first-order valence-corrected chi connectivity index (χ1v) is 22.4. The van der Waals surface area contributed by atoms with Crippen molar-refractivity contribution in [2.24, 2.45) is 21.7 Å². The zero-order valence-electron chi connectivity index (χ0n) is 37.8. The molecule has 2 aliphatic rings. The Balaban J connectivity index is 1.23. The number of nitrogens with zero attached hydrogens (tertiary/aromatic N) is 3. The molecule has 2 fully saturated rings. The van der Waals surface area contributed by atoms with Crippen LogP contribution in [0.25, 0.3) is 92.1 Å². The number of carbonyl (C=O) groups is 4. The van der Waals surface area contributed by atoms with E-state index in [1.165, 1.54) is 9.80 Å². The number of rotatable bonds is 3. The van der Waals surface area contributed by atoms with Crippen LogP contribution in [0.2, 0.25) is 0 Å². The third kappa shape index (κ3) is 4.75. The largest absolute Gasteiger partial charge is 0.309 e. The number of carbonyl (C=O) groups excluding carboxylic acids is 4. The first-order valence-electron chi connectivity index (χ1n) is 22.4. The number of para-hydroxylation sites is 1. The van der Waals surface area contributed by atoms with Crippen molar-refractivity contribution in [3.63, 3.8) is 0 Å². The third-order valence-corrected chi connectivity index (χ3v) is 16.3. The predicted octanol–water partition coefficient (Wildman–Crippen LogP) is 13.6. The van der Waals surface area contributed by atoms with E-state index < -0.39 is 21.7 Å². The van der Waals surface area contributed by atoms with E-state index in [9.17, 15) is 19.2 Å². The third-order valence-electron chi connectivity index (χ3n) is 16.3. The lowest BCUT2D eigenvalue weighted by Crippen LogP contribution is -2.35. The molecule has 0 bridgehead atoms. The van der Waals surface area contributed by atoms with Crippen molar-refractivity contribution in [2.45, 2.75) is 55.4 Å². The van der Waals surface area contributed by atoms with Crippen molar-refractivity contribution in [1.82, 2.24) is 4.57 Å². The second-order valence-electron chi connectivity index (χ2n) is 20.4. The van der Waals surface area contributed by atoms with Crippen molar-refractivity contribution in [3.05, 3.63) is 140 Å². The van der Waals surface area contributed by atoms with Crippen LogP contribution in [0.1, 0.15) is 55.4 Å². The Morgan fingerprint density at radius 1 is 0.308 bits per heavy atom. The van der Waals surface area contributed by atoms with Gasteiger partial charge in [-0.2, -0.15) is 0 Å². The number of aromatic nitrogens is 1. The average Bonchev–Trinajstić information content (AvgIpc) is 3.72. The van der Waals surface area contributed by atoms with Gasteiger partial charge in [-0.1, -0.05) is 91.0 Å². The predicted molar refractivity (Wildman–Crippen MR) is 266 cm³/mol. The number of imide groups is 2. The van der Waals surface area contributed by atoms with Crippen LogP contribution in [0, 0.1) is 21.7 Å². The number of anilines is 2. The first-order chi connectivity index (χ1) is 31.0. The van der Waals surface area contributed by atoms with Gasteiger partial charge in [0.1, 0.15) is 0 Å². The van der Waals surface area contributed by atoms with Crippen LogP contribution in [-0.2, 0) is 19.2 Å². The van der Waals surface area contributed by atoms with Gasteiger partial charge >= 0.3 is 0 Å². The lowest BCUT2D eigenvalue weighted by Gasteiger charge is -2.28. The Morgan fingerprint density at radius 3 is 1.00 bits per heavy atom. The zero-order chi connectivity index (χ0) is 45.3. The van der Waals surface area contributed by atoms with Crippen molar-refractivity contribution in [2.75, 3.05) is 9.80 Å². The van der Waals surface area contributed by atoms with E-state index in [4.69, 9.17) is 0 Å². The van der Waals surface area contributed by atoms with Gasteiger partial charge in [0, 0.05) is 27.2 Å². The minimum Gasteiger partial charge on any atom is -0.309 e. The van der Waals surface area contributed by atoms with Crippen molar-refractivity contribution in [1.29, 1.82) is 0 Å². The molecule has 0 saturated carbocycles. The fraction of sp³-hybridized carbons (Fsp3) is 0.207. The second-order valence-corrected chi connectivity index (χ2v) is 20.4. The van der Waals surface area contributed by atoms with Crippen LogP contribution >= 0.6 is 0 Å². The molecular formula is C58H47N3O4. The molecule has 3 heterocycles. The minimum absolute atomic E-state index is 0.203. The van der Waals surface area contributed by atoms with E-state index in [0.29, 0.717) is 11.4 Å². The van der Waals surface area contributed by atoms with Crippen LogP contribution < -0.4 is 9.80 Å². The monoisotopic (exact) mass is 849 g/mol. The molecule has 9 aromatic carbocycles. The van der Waals surface area contributed by atoms with Crippen molar-refractivity contribution < 1.29 is 19.2 Å². The summed E-state index contributed by atoms with van der Waals surface area (Å²) in [5, 5.41) is 13.9. The molecule has 65 heavy (non-hydrogen) atoms. The Kier molecular flexibility index (Phi) is 7.64. The second kappa shape index (κ2) is 12.7. The molecule has 0 radical (unpaired) electrons. The summed E-state index contributed by atoms with van der Waals surface area (Å²) in [5.74, 6) is -0.810. The number of amides is 4. The van der Waals surface area contributed by atoms with Gasteiger partial charge in [0.2, 0.25) is 23.6 Å². The van der Waals surface area contributed by atoms with Crippen LogP contribution in [-0.4, -0.2) is 28.2 Å². The Labute approximate surface area is 375 Å². The first kappa shape index (κ1) is 39.2. The van der Waals surface area contributed by atoms with E-state index in [-0.39, 0.29) is 23.6 Å². The lowest BCUT2D eigenvalue weighted by molar-refractivity contribution is -0.129. The molecule has 2 aliphatic heterocycles. The number of benzene rings is 9. The number of hydrogen-bond donors (Lipinski definition) is 0. The summed E-state index contributed by atoms with van der Waals surface area (Å²) in [6.07, 6.45) is 0. The van der Waals surface area contributed by atoms with Crippen molar-refractivity contribution in [3.8, 4) is 5.69 Å². The highest BCUT2D eigenvalue weighted by atomic mass is 16.2. The van der Waals surface area contributed by atoms with Gasteiger partial charge in [-0.25, -0.2) is 9.80 Å². The maximum atomic E-state index is 14.3. The topological polar surface area (TPSA) is 79.7 Å². The van der Waals surface area contributed by atoms with Gasteiger partial charge < -0.3 is 4.57 Å². The molecule has 0 aliphatic carbocycles. The van der Waals surface area contributed by atoms with Gasteiger partial charge in [-0.15, -0.1) is 0 Å². The summed E-state index contributed by atoms with van der Waals surface area (Å²) < 4.78 is 2.35. The van der Waals surface area contributed by atoms with Gasteiger partial charge in [0.25, 0.3) is 0 Å². The van der Waals surface area contributed by atoms with E-state index in [0.717, 1.165) is 92.1 Å². The molecule has 12 rings (SSSR count). The summed E-state index contributed by atoms with van der Waals surface area (Å²) >= 11 is 0. The van der Waals surface area contributed by atoms with Gasteiger partial charge in [-0.3, -0.25) is 19.2 Å². The molecular weight excluding hydrogens is 803 g/mol. The van der Waals surface area contributed by atoms with E-state index in [1.807, 2.05) is 110 Å². The molecule has 1 aromatic heterocycles. The maximum absolute atomic E-state index is 14.3. The Morgan fingerprint density at radius 2 is 0.615 bits per heavy atom. The van der Waals surface area contributed by atoms with E-state index >= 15 is 0 Å². The average molecular weight is 850 g/mol. The number of hydrogen-bond acceptors (Lipinski definition) is 4. The minimum atomic E-state index is -0.893. The molecule has 10 aromatic rings. The highest BCUT2D eigenvalue weighted by molar-refractivity contribution is 6.37. The highest BCUT2D eigenvalue weighted by Gasteiger charge is 2.61. The standard InChI is InChI=1S/C58H47N3O4/c1-55(2)51(62)60(52(63)56(55,3)4)45-26-16-24-37-39-28-43-44-29-40-38-25-17-27-46(61-53(64)57(5,6)58(7,8)54(61)65)50(38)36-23-15-13-21-34(36)42(40)31-48(44)59(32-18-10-9-11-19-32)47(43)30-41(39)33-20-12-14-22-35(33)49(37)45/h9-31H,1-8H3. The van der Waals surface area contributed by atoms with E-state index in [1.54, 1.807) is 0 Å². The summed E-state index contributed by atoms with van der Waals surface area (Å²) in [7, 11) is 0. The van der Waals surface area contributed by atoms with Crippen LogP contribution in [0.5, 0.6) is 0 Å². The SMILES string of the molecule is CC1(C)C(=O)N(c2cccc3c4cc5c6cc7c(cc6n(-c6ccccc6)c5cc4c4ccccc4c23)c2ccccc2c2c(N3C(=O)C(C)(C)C(C)(C)C3=O)cccc72)C(=O)C1(C)C. The smallest absolute Gasteiger partial charge is 0.240 e. The molecule has 7 nitrogen and oxygen atoms in total. The summed E-state index contributed by atoms with van der Waals surface area (Å²) in [5.41, 5.74) is 0.729. The van der Waals surface area contributed by atoms with Gasteiger partial charge in [-0.05, 0) is 158 Å². The Hall–Kier alpha value is -7.38. The quantitative estimate of drug-likeness (QED) is 0.131. The highest BCUT2D eigenvalue weighted by Crippen LogP contribution is 2.53. The van der Waals surface area contributed by atoms with Gasteiger partial charge in [0.05, 0.1) is 44.1 Å². The molecule has 2 saturated heterocycles. The number of fused-ring (bicyclic) bond motifs is 15. The normalized spacial score (nSPS) is 18.1. The zero-order valence-corrected chi connectivity index (χ0v) is 37.8. The fourth-order valence-electron chi connectivity index (χ4n) is 11.0. The summed E-state index contributed by atoms with van der Waals surface area (Å²) in [6.45, 7) is 15.0. The summed E-state index contributed by atoms with van der Waals surface area (Å²) in [6, 6.07) is 48.2. The Bertz CT molecular complexity index is 3590. The molecule has 7 heteroatoms. The molecule has 318 valence electrons. The van der Waals surface area contributed by atoms with Gasteiger partial charge in [0.15, 0.2) is 0 Å². The molecule has 0 N–H and O–H groups in total. The van der Waals surface area contributed by atoms with E-state index in [2.05, 4.69) is 89.5 Å². The summed E-state index contributed by atoms with van der Waals surface area (Å²) in [4.78, 5) is 60.0. The molecule has 0 spiro atoms. The van der Waals surface area contributed by atoms with Crippen LogP contribution in [0.4, 0.5) is 11.4 Å². The molecule has 4 amide bonds. The van der Waals surface area contributed by atoms with Crippen LogP contribution in [0.3, 0.4) is 0 Å². The maximum Gasteiger partial charge on any atom is 0.240 e. The fourth-order valence-corrected chi connectivity index (χ4v) is 11.0. The molecule has 0 atom stereocenters. The van der Waals surface area contributed by atoms with Crippen LogP contribution in [0.15, 0.2) is 140 Å². The van der Waals surface area contributed by atoms with Crippen molar-refractivity contribution >= 4 is 121 Å². The molecule has 0 unspecified atom stereocenters.